The van der Waals surface area contributed by atoms with Crippen LogP contribution in [0.5, 0.6) is 0 Å². The highest BCUT2D eigenvalue weighted by molar-refractivity contribution is 5.91. The highest BCUT2D eigenvalue weighted by atomic mass is 16.6. The smallest absolute Gasteiger partial charge is 0.411 e. The van der Waals surface area contributed by atoms with Crippen LogP contribution in [-0.2, 0) is 14.3 Å². The zero-order valence-corrected chi connectivity index (χ0v) is 17.5. The van der Waals surface area contributed by atoms with Crippen LogP contribution in [-0.4, -0.2) is 71.4 Å². The number of rotatable bonds is 7. The van der Waals surface area contributed by atoms with Crippen LogP contribution >= 0.6 is 0 Å². The molecule has 1 aromatic carbocycles. The Hall–Kier alpha value is -2.12. The summed E-state index contributed by atoms with van der Waals surface area (Å²) in [4.78, 5) is 27.2. The molecule has 2 amide bonds. The van der Waals surface area contributed by atoms with Crippen LogP contribution in [0.2, 0.25) is 0 Å². The van der Waals surface area contributed by atoms with E-state index in [0.29, 0.717) is 6.54 Å². The zero-order valence-electron chi connectivity index (χ0n) is 17.5. The van der Waals surface area contributed by atoms with Crippen molar-refractivity contribution < 1.29 is 19.1 Å². The second-order valence-corrected chi connectivity index (χ2v) is 8.14. The minimum Gasteiger partial charge on any atom is -0.447 e. The number of cyclic esters (lactones) is 1. The Morgan fingerprint density at radius 1 is 1.14 bits per heavy atom. The largest absolute Gasteiger partial charge is 0.447 e. The molecule has 158 valence electrons. The number of nitrogens with zero attached hydrogens (tertiary/aromatic N) is 3. The molecule has 3 heterocycles. The molecule has 7 nitrogen and oxygen atoms in total. The summed E-state index contributed by atoms with van der Waals surface area (Å²) in [6.45, 7) is 5.95. The molecule has 0 aliphatic carbocycles. The number of hydrazine groups is 1. The molecule has 3 saturated heterocycles. The summed E-state index contributed by atoms with van der Waals surface area (Å²) in [5.41, 5.74) is 0.750. The number of β-lactam (4-membered cyclic amide) rings is 1. The maximum atomic E-state index is 13.2. The summed E-state index contributed by atoms with van der Waals surface area (Å²) in [5.74, 6) is -0.0195. The lowest BCUT2D eigenvalue weighted by Crippen LogP contribution is -2.71. The van der Waals surface area contributed by atoms with E-state index in [1.165, 1.54) is 0 Å². The number of carbonyl (C=O) groups excluding carboxylic acids is 2. The number of ether oxygens (including phenoxy) is 2. The molecule has 3 fully saturated rings. The van der Waals surface area contributed by atoms with Crippen LogP contribution in [0.3, 0.4) is 0 Å². The third-order valence-electron chi connectivity index (χ3n) is 7.06. The standard InChI is InChI=1S/C22H31N3O4/c1-4-22(5-2,28-3)19-12-9-13-23(19)24-14-17(20(24)26)25-18(15-29-21(25)27)16-10-7-6-8-11-16/h6-8,10-11,17-19H,4-5,9,12-15H2,1-3H3/t17-,18+,19-/m0/s1. The molecule has 29 heavy (non-hydrogen) atoms. The van der Waals surface area contributed by atoms with E-state index >= 15 is 0 Å². The normalized spacial score (nSPS) is 28.0. The predicted octanol–water partition coefficient (Wildman–Crippen LogP) is 2.98. The van der Waals surface area contributed by atoms with Gasteiger partial charge in [0.25, 0.3) is 5.91 Å². The monoisotopic (exact) mass is 401 g/mol. The van der Waals surface area contributed by atoms with Crippen molar-refractivity contribution in [3.05, 3.63) is 35.9 Å². The Morgan fingerprint density at radius 3 is 2.48 bits per heavy atom. The molecule has 7 heteroatoms. The van der Waals surface area contributed by atoms with Crippen molar-refractivity contribution in [2.45, 2.75) is 63.3 Å². The molecule has 0 radical (unpaired) electrons. The van der Waals surface area contributed by atoms with Gasteiger partial charge >= 0.3 is 6.09 Å². The van der Waals surface area contributed by atoms with Crippen molar-refractivity contribution >= 4 is 12.0 Å². The molecule has 4 rings (SSSR count). The third kappa shape index (κ3) is 3.20. The van der Waals surface area contributed by atoms with Gasteiger partial charge in [0.05, 0.1) is 24.2 Å². The molecule has 0 N–H and O–H groups in total. The van der Waals surface area contributed by atoms with Crippen molar-refractivity contribution in [2.75, 3.05) is 26.8 Å². The maximum absolute atomic E-state index is 13.2. The summed E-state index contributed by atoms with van der Waals surface area (Å²) in [6, 6.07) is 9.30. The van der Waals surface area contributed by atoms with E-state index in [0.717, 1.165) is 37.8 Å². The Kier molecular flexibility index (Phi) is 5.53. The van der Waals surface area contributed by atoms with Crippen LogP contribution in [0, 0.1) is 0 Å². The highest BCUT2D eigenvalue weighted by Crippen LogP contribution is 2.39. The number of carbonyl (C=O) groups is 2. The van der Waals surface area contributed by atoms with E-state index in [2.05, 4.69) is 18.9 Å². The van der Waals surface area contributed by atoms with Crippen LogP contribution < -0.4 is 0 Å². The number of benzene rings is 1. The van der Waals surface area contributed by atoms with Gasteiger partial charge in [0, 0.05) is 13.7 Å². The fraction of sp³-hybridized carbons (Fsp3) is 0.636. The first-order valence-electron chi connectivity index (χ1n) is 10.7. The lowest BCUT2D eigenvalue weighted by molar-refractivity contribution is -0.193. The van der Waals surface area contributed by atoms with Gasteiger partial charge in [0.2, 0.25) is 0 Å². The fourth-order valence-electron chi connectivity index (χ4n) is 5.26. The number of amides is 2. The van der Waals surface area contributed by atoms with E-state index in [1.807, 2.05) is 35.3 Å². The molecule has 1 aromatic rings. The van der Waals surface area contributed by atoms with Crippen LogP contribution in [0.15, 0.2) is 30.3 Å². The number of hydrogen-bond donors (Lipinski definition) is 0. The van der Waals surface area contributed by atoms with Gasteiger partial charge in [-0.1, -0.05) is 44.2 Å². The summed E-state index contributed by atoms with van der Waals surface area (Å²) < 4.78 is 11.3. The third-order valence-corrected chi connectivity index (χ3v) is 7.06. The minimum absolute atomic E-state index is 0.0195. The lowest BCUT2D eigenvalue weighted by Gasteiger charge is -2.52. The van der Waals surface area contributed by atoms with Crippen molar-refractivity contribution in [3.8, 4) is 0 Å². The summed E-state index contributed by atoms with van der Waals surface area (Å²) in [6.07, 6.45) is 3.47. The second-order valence-electron chi connectivity index (χ2n) is 8.14. The van der Waals surface area contributed by atoms with Gasteiger partial charge in [0.1, 0.15) is 12.6 Å². The zero-order chi connectivity index (χ0) is 20.6. The SMILES string of the molecule is CCC(CC)(OC)[C@@H]1CCCN1N1C[C@H](N2C(=O)OC[C@@H]2c2ccccc2)C1=O. The second kappa shape index (κ2) is 7.95. The Bertz CT molecular complexity index is 743. The van der Waals surface area contributed by atoms with Gasteiger partial charge in [0.15, 0.2) is 0 Å². The summed E-state index contributed by atoms with van der Waals surface area (Å²) in [7, 11) is 1.77. The quantitative estimate of drug-likeness (QED) is 0.658. The topological polar surface area (TPSA) is 62.3 Å². The van der Waals surface area contributed by atoms with E-state index in [-0.39, 0.29) is 30.2 Å². The average Bonchev–Trinajstić information content (AvgIpc) is 3.38. The maximum Gasteiger partial charge on any atom is 0.411 e. The molecular weight excluding hydrogens is 370 g/mol. The van der Waals surface area contributed by atoms with E-state index in [4.69, 9.17) is 9.47 Å². The molecular formula is C22H31N3O4. The fourth-order valence-corrected chi connectivity index (χ4v) is 5.26. The van der Waals surface area contributed by atoms with Crippen molar-refractivity contribution in [1.29, 1.82) is 0 Å². The van der Waals surface area contributed by atoms with Crippen molar-refractivity contribution in [2.24, 2.45) is 0 Å². The predicted molar refractivity (Wildman–Crippen MR) is 108 cm³/mol. The van der Waals surface area contributed by atoms with Gasteiger partial charge in [-0.05, 0) is 31.2 Å². The Balaban J connectivity index is 1.50. The molecule has 3 atom stereocenters. The highest BCUT2D eigenvalue weighted by Gasteiger charge is 2.54. The van der Waals surface area contributed by atoms with Crippen molar-refractivity contribution in [3.63, 3.8) is 0 Å². The molecule has 3 aliphatic rings. The minimum atomic E-state index is -0.461. The van der Waals surface area contributed by atoms with Gasteiger partial charge in [-0.15, -0.1) is 0 Å². The van der Waals surface area contributed by atoms with E-state index in [9.17, 15) is 9.59 Å². The first-order valence-corrected chi connectivity index (χ1v) is 10.7. The van der Waals surface area contributed by atoms with Crippen LogP contribution in [0.25, 0.3) is 0 Å². The van der Waals surface area contributed by atoms with Crippen LogP contribution in [0.1, 0.15) is 51.1 Å². The van der Waals surface area contributed by atoms with Crippen LogP contribution in [0.4, 0.5) is 4.79 Å². The molecule has 0 aromatic heterocycles. The number of hydrogen-bond acceptors (Lipinski definition) is 5. The number of methoxy groups -OCH3 is 1. The van der Waals surface area contributed by atoms with Gasteiger partial charge < -0.3 is 9.47 Å². The first-order chi connectivity index (χ1) is 14.1. The Labute approximate surface area is 172 Å². The van der Waals surface area contributed by atoms with E-state index in [1.54, 1.807) is 12.0 Å². The molecule has 0 saturated carbocycles. The molecule has 3 aliphatic heterocycles. The molecule has 0 spiro atoms. The van der Waals surface area contributed by atoms with Gasteiger partial charge in [-0.2, -0.15) is 0 Å². The lowest BCUT2D eigenvalue weighted by atomic mass is 9.86. The summed E-state index contributed by atoms with van der Waals surface area (Å²) in [5, 5.41) is 4.02. The molecule has 0 bridgehead atoms. The first kappa shape index (κ1) is 20.2. The summed E-state index contributed by atoms with van der Waals surface area (Å²) >= 11 is 0. The van der Waals surface area contributed by atoms with Gasteiger partial charge in [-0.3, -0.25) is 14.7 Å². The van der Waals surface area contributed by atoms with Gasteiger partial charge in [-0.25, -0.2) is 9.80 Å². The average molecular weight is 402 g/mol. The Morgan fingerprint density at radius 2 is 1.86 bits per heavy atom. The molecule has 0 unspecified atom stereocenters. The van der Waals surface area contributed by atoms with Crippen molar-refractivity contribution in [1.82, 2.24) is 14.9 Å². The van der Waals surface area contributed by atoms with E-state index < -0.39 is 12.1 Å².